The van der Waals surface area contributed by atoms with Crippen LogP contribution in [-0.4, -0.2) is 22.7 Å². The van der Waals surface area contributed by atoms with Gasteiger partial charge in [0.2, 0.25) is 0 Å². The molecule has 0 fully saturated rings. The number of imidazole rings is 1. The number of hydrogen-bond acceptors (Lipinski definition) is 3. The molecule has 1 aromatic heterocycles. The quantitative estimate of drug-likeness (QED) is 0.893. The molecule has 1 unspecified atom stereocenters. The molecule has 0 saturated heterocycles. The van der Waals surface area contributed by atoms with Crippen LogP contribution >= 0.6 is 0 Å². The molecule has 5 heteroatoms. The van der Waals surface area contributed by atoms with Gasteiger partial charge in [-0.3, -0.25) is 5.32 Å². The Bertz CT molecular complexity index is 665. The molecule has 1 amide bonds. The summed E-state index contributed by atoms with van der Waals surface area (Å²) in [5.74, 6) is 0.643. The number of nitrogens with zero attached hydrogens (tertiary/aromatic N) is 1. The lowest BCUT2D eigenvalue weighted by molar-refractivity contribution is 0.147. The lowest BCUT2D eigenvalue weighted by Crippen LogP contribution is -2.19. The number of H-pyrrole nitrogens is 1. The summed E-state index contributed by atoms with van der Waals surface area (Å²) >= 11 is 0. The number of nitrogens with one attached hydrogen (secondary N) is 2. The zero-order valence-corrected chi connectivity index (χ0v) is 13.6. The second kappa shape index (κ2) is 6.86. The van der Waals surface area contributed by atoms with E-state index in [0.29, 0.717) is 18.4 Å². The van der Waals surface area contributed by atoms with Crippen molar-refractivity contribution in [2.75, 3.05) is 11.9 Å². The summed E-state index contributed by atoms with van der Waals surface area (Å²) in [7, 11) is 0. The molecule has 0 radical (unpaired) electrons. The number of rotatable bonds is 4. The molecule has 23 heavy (non-hydrogen) atoms. The van der Waals surface area contributed by atoms with Crippen molar-refractivity contribution >= 4 is 11.8 Å². The van der Waals surface area contributed by atoms with Crippen molar-refractivity contribution in [1.82, 2.24) is 9.97 Å². The van der Waals surface area contributed by atoms with Gasteiger partial charge < -0.3 is 9.72 Å². The molecule has 0 spiro atoms. The van der Waals surface area contributed by atoms with Crippen molar-refractivity contribution in [2.24, 2.45) is 5.92 Å². The molecule has 0 saturated carbocycles. The molecule has 2 N–H and O–H groups in total. The highest BCUT2D eigenvalue weighted by molar-refractivity contribution is 5.86. The summed E-state index contributed by atoms with van der Waals surface area (Å²) in [6.07, 6.45) is 6.38. The van der Waals surface area contributed by atoms with Crippen molar-refractivity contribution in [1.29, 1.82) is 0 Å². The number of aromatic amines is 1. The molecule has 0 aliphatic heterocycles. The molecule has 1 aliphatic carbocycles. The first-order valence-electron chi connectivity index (χ1n) is 8.19. The summed E-state index contributed by atoms with van der Waals surface area (Å²) in [6, 6.07) is 6.08. The average molecular weight is 313 g/mol. The Morgan fingerprint density at radius 3 is 3.09 bits per heavy atom. The SMILES string of the molecule is CC(C)COC(=O)Nc1cccc2c1CCCC2c1cnc[nH]1. The minimum Gasteiger partial charge on any atom is -0.449 e. The highest BCUT2D eigenvalue weighted by atomic mass is 16.5. The number of carbonyl (C=O) groups excluding carboxylic acids is 1. The lowest BCUT2D eigenvalue weighted by Gasteiger charge is -2.26. The Labute approximate surface area is 136 Å². The second-order valence-corrected chi connectivity index (χ2v) is 6.44. The summed E-state index contributed by atoms with van der Waals surface area (Å²) < 4.78 is 5.23. The number of carbonyl (C=O) groups is 1. The fraction of sp³-hybridized carbons (Fsp3) is 0.444. The molecule has 0 bridgehead atoms. The minimum atomic E-state index is -0.379. The average Bonchev–Trinajstić information content (AvgIpc) is 3.07. The van der Waals surface area contributed by atoms with E-state index in [1.54, 1.807) is 6.33 Å². The van der Waals surface area contributed by atoms with Crippen LogP contribution in [0.5, 0.6) is 0 Å². The smallest absolute Gasteiger partial charge is 0.411 e. The first-order valence-corrected chi connectivity index (χ1v) is 8.19. The molecular formula is C18H23N3O2. The van der Waals surface area contributed by atoms with E-state index in [9.17, 15) is 4.79 Å². The van der Waals surface area contributed by atoms with Gasteiger partial charge in [0.1, 0.15) is 0 Å². The largest absolute Gasteiger partial charge is 0.449 e. The van der Waals surface area contributed by atoms with Gasteiger partial charge in [0.15, 0.2) is 0 Å². The van der Waals surface area contributed by atoms with E-state index in [4.69, 9.17) is 4.74 Å². The first-order chi connectivity index (χ1) is 11.1. The fourth-order valence-corrected chi connectivity index (χ4v) is 3.13. The van der Waals surface area contributed by atoms with Crippen LogP contribution in [0.25, 0.3) is 0 Å². The number of anilines is 1. The highest BCUT2D eigenvalue weighted by Gasteiger charge is 2.25. The normalized spacial score (nSPS) is 16.9. The fourth-order valence-electron chi connectivity index (χ4n) is 3.13. The van der Waals surface area contributed by atoms with Crippen LogP contribution in [-0.2, 0) is 11.2 Å². The van der Waals surface area contributed by atoms with Crippen LogP contribution in [0.4, 0.5) is 10.5 Å². The van der Waals surface area contributed by atoms with Crippen LogP contribution < -0.4 is 5.32 Å². The van der Waals surface area contributed by atoms with E-state index in [1.807, 2.05) is 32.2 Å². The van der Waals surface area contributed by atoms with Gasteiger partial charge in [-0.2, -0.15) is 0 Å². The van der Waals surface area contributed by atoms with Gasteiger partial charge in [-0.25, -0.2) is 9.78 Å². The molecule has 1 aromatic carbocycles. The van der Waals surface area contributed by atoms with Gasteiger partial charge in [0, 0.05) is 23.5 Å². The summed E-state index contributed by atoms with van der Waals surface area (Å²) in [4.78, 5) is 19.3. The van der Waals surface area contributed by atoms with Crippen LogP contribution in [0.3, 0.4) is 0 Å². The molecular weight excluding hydrogens is 290 g/mol. The number of aromatic nitrogens is 2. The third-order valence-corrected chi connectivity index (χ3v) is 4.19. The molecule has 122 valence electrons. The van der Waals surface area contributed by atoms with Gasteiger partial charge in [-0.1, -0.05) is 26.0 Å². The van der Waals surface area contributed by atoms with Crippen molar-refractivity contribution in [3.63, 3.8) is 0 Å². The van der Waals surface area contributed by atoms with E-state index in [1.165, 1.54) is 11.1 Å². The highest BCUT2D eigenvalue weighted by Crippen LogP contribution is 2.38. The number of fused-ring (bicyclic) bond motifs is 1. The molecule has 5 nitrogen and oxygen atoms in total. The maximum Gasteiger partial charge on any atom is 0.411 e. The molecule has 1 aliphatic rings. The van der Waals surface area contributed by atoms with E-state index < -0.39 is 0 Å². The molecule has 1 heterocycles. The van der Waals surface area contributed by atoms with Crippen molar-refractivity contribution < 1.29 is 9.53 Å². The molecule has 3 rings (SSSR count). The van der Waals surface area contributed by atoms with E-state index in [-0.39, 0.29) is 6.09 Å². The van der Waals surface area contributed by atoms with Crippen LogP contribution in [0.2, 0.25) is 0 Å². The van der Waals surface area contributed by atoms with Gasteiger partial charge in [-0.15, -0.1) is 0 Å². The predicted octanol–water partition coefficient (Wildman–Crippen LogP) is 4.08. The van der Waals surface area contributed by atoms with Crippen LogP contribution in [0, 0.1) is 5.92 Å². The predicted molar refractivity (Wildman–Crippen MR) is 89.6 cm³/mol. The van der Waals surface area contributed by atoms with Gasteiger partial charge in [0.05, 0.1) is 12.9 Å². The summed E-state index contributed by atoms with van der Waals surface area (Å²) in [5, 5.41) is 2.90. The minimum absolute atomic E-state index is 0.315. The third kappa shape index (κ3) is 3.55. The van der Waals surface area contributed by atoms with Crippen LogP contribution in [0.15, 0.2) is 30.7 Å². The standard InChI is InChI=1S/C18H23N3O2/c1-12(2)10-23-18(22)21-16-8-4-5-13-14(16)6-3-7-15(13)17-9-19-11-20-17/h4-5,8-9,11-12,15H,3,6-7,10H2,1-2H3,(H,19,20)(H,21,22). The Morgan fingerprint density at radius 2 is 2.35 bits per heavy atom. The van der Waals surface area contributed by atoms with Crippen molar-refractivity contribution in [2.45, 2.75) is 39.0 Å². The second-order valence-electron chi connectivity index (χ2n) is 6.44. The Hall–Kier alpha value is -2.30. The number of ether oxygens (including phenoxy) is 1. The Balaban J connectivity index is 1.81. The maximum atomic E-state index is 12.0. The number of amides is 1. The Kier molecular flexibility index (Phi) is 4.65. The van der Waals surface area contributed by atoms with Gasteiger partial charge >= 0.3 is 6.09 Å². The first kappa shape index (κ1) is 15.6. The number of benzene rings is 1. The summed E-state index contributed by atoms with van der Waals surface area (Å²) in [6.45, 7) is 4.47. The topological polar surface area (TPSA) is 67.0 Å². The van der Waals surface area contributed by atoms with E-state index >= 15 is 0 Å². The van der Waals surface area contributed by atoms with Gasteiger partial charge in [0.25, 0.3) is 0 Å². The molecule has 1 atom stereocenters. The zero-order valence-electron chi connectivity index (χ0n) is 13.6. The monoisotopic (exact) mass is 313 g/mol. The summed E-state index contributed by atoms with van der Waals surface area (Å²) in [5.41, 5.74) is 4.47. The lowest BCUT2D eigenvalue weighted by atomic mass is 9.80. The maximum absolute atomic E-state index is 12.0. The Morgan fingerprint density at radius 1 is 1.48 bits per heavy atom. The van der Waals surface area contributed by atoms with E-state index in [2.05, 4.69) is 21.4 Å². The van der Waals surface area contributed by atoms with Gasteiger partial charge in [-0.05, 0) is 42.4 Å². The zero-order chi connectivity index (χ0) is 16.2. The van der Waals surface area contributed by atoms with E-state index in [0.717, 1.165) is 30.6 Å². The number of hydrogen-bond donors (Lipinski definition) is 2. The van der Waals surface area contributed by atoms with Crippen molar-refractivity contribution in [3.8, 4) is 0 Å². The third-order valence-electron chi connectivity index (χ3n) is 4.19. The van der Waals surface area contributed by atoms with Crippen molar-refractivity contribution in [3.05, 3.63) is 47.5 Å². The van der Waals surface area contributed by atoms with Crippen LogP contribution in [0.1, 0.15) is 49.4 Å². The molecule has 2 aromatic rings.